The van der Waals surface area contributed by atoms with E-state index < -0.39 is 23.1 Å². The van der Waals surface area contributed by atoms with Crippen molar-refractivity contribution < 1.29 is 26.4 Å². The van der Waals surface area contributed by atoms with E-state index in [1.165, 1.54) is 16.4 Å². The van der Waals surface area contributed by atoms with Crippen LogP contribution in [0.4, 0.5) is 10.1 Å². The SMILES string of the molecule is CCOP(=O)(CS(=O)(=O)N1CCN(c2ccc(F)cc2)CC1)OCC. The molecule has 1 fully saturated rings. The van der Waals surface area contributed by atoms with Crippen LogP contribution >= 0.6 is 7.60 Å². The molecule has 0 bridgehead atoms. The summed E-state index contributed by atoms with van der Waals surface area (Å²) in [5.74, 6) is -0.312. The number of rotatable bonds is 8. The molecular formula is C15H24FN2O5PS. The molecule has 2 rings (SSSR count). The van der Waals surface area contributed by atoms with Crippen LogP contribution in [0, 0.1) is 5.82 Å². The molecule has 0 radical (unpaired) electrons. The molecule has 0 unspecified atom stereocenters. The van der Waals surface area contributed by atoms with Crippen LogP contribution in [0.5, 0.6) is 0 Å². The molecule has 142 valence electrons. The smallest absolute Gasteiger partial charge is 0.347 e. The third-order valence-electron chi connectivity index (χ3n) is 3.80. The molecule has 1 heterocycles. The summed E-state index contributed by atoms with van der Waals surface area (Å²) < 4.78 is 62.1. The Bertz CT molecular complexity index is 695. The summed E-state index contributed by atoms with van der Waals surface area (Å²) in [7, 11) is -7.44. The van der Waals surface area contributed by atoms with Gasteiger partial charge >= 0.3 is 7.60 Å². The van der Waals surface area contributed by atoms with E-state index in [0.717, 1.165) is 5.69 Å². The minimum atomic E-state index is -3.76. The molecule has 1 aromatic rings. The van der Waals surface area contributed by atoms with Crippen LogP contribution in [0.1, 0.15) is 13.8 Å². The molecule has 10 heteroatoms. The highest BCUT2D eigenvalue weighted by atomic mass is 32.2. The normalized spacial score (nSPS) is 17.0. The van der Waals surface area contributed by atoms with Gasteiger partial charge in [0.1, 0.15) is 5.82 Å². The standard InChI is InChI=1S/C15H24FN2O5PS/c1-3-22-24(19,23-4-2)13-25(20,21)18-11-9-17(10-12-18)15-7-5-14(16)6-8-15/h5-8H,3-4,9-13H2,1-2H3. The van der Waals surface area contributed by atoms with Crippen molar-refractivity contribution in [3.05, 3.63) is 30.1 Å². The molecular weight excluding hydrogens is 370 g/mol. The van der Waals surface area contributed by atoms with Crippen molar-refractivity contribution >= 4 is 23.3 Å². The van der Waals surface area contributed by atoms with Crippen molar-refractivity contribution in [2.45, 2.75) is 13.8 Å². The highest BCUT2D eigenvalue weighted by Gasteiger charge is 2.36. The van der Waals surface area contributed by atoms with Crippen molar-refractivity contribution in [2.75, 3.05) is 49.8 Å². The van der Waals surface area contributed by atoms with Gasteiger partial charge < -0.3 is 13.9 Å². The Morgan fingerprint density at radius 3 is 2.04 bits per heavy atom. The van der Waals surface area contributed by atoms with Gasteiger partial charge in [0.05, 0.1) is 13.2 Å². The first-order valence-corrected chi connectivity index (χ1v) is 11.5. The zero-order valence-corrected chi connectivity index (χ0v) is 16.1. The first-order chi connectivity index (χ1) is 11.8. The van der Waals surface area contributed by atoms with E-state index in [4.69, 9.17) is 9.05 Å². The molecule has 1 aliphatic heterocycles. The van der Waals surface area contributed by atoms with E-state index in [0.29, 0.717) is 13.1 Å². The maximum atomic E-state index is 13.0. The molecule has 0 aromatic heterocycles. The topological polar surface area (TPSA) is 76.2 Å². The molecule has 1 saturated heterocycles. The fourth-order valence-corrected chi connectivity index (χ4v) is 7.09. The molecule has 7 nitrogen and oxygen atoms in total. The summed E-state index contributed by atoms with van der Waals surface area (Å²) in [4.78, 5) is 1.98. The average Bonchev–Trinajstić information content (AvgIpc) is 2.55. The quantitative estimate of drug-likeness (QED) is 0.631. The summed E-state index contributed by atoms with van der Waals surface area (Å²) >= 11 is 0. The molecule has 0 aliphatic carbocycles. The molecule has 1 aromatic carbocycles. The summed E-state index contributed by atoms with van der Waals surface area (Å²) in [6, 6.07) is 6.08. The first kappa shape index (κ1) is 20.3. The van der Waals surface area contributed by atoms with Gasteiger partial charge in [-0.25, -0.2) is 12.8 Å². The van der Waals surface area contributed by atoms with Gasteiger partial charge in [-0.3, -0.25) is 4.57 Å². The van der Waals surface area contributed by atoms with E-state index in [1.54, 1.807) is 26.0 Å². The van der Waals surface area contributed by atoms with Crippen LogP contribution in [0.15, 0.2) is 24.3 Å². The Morgan fingerprint density at radius 1 is 1.04 bits per heavy atom. The number of anilines is 1. The minimum Gasteiger partial charge on any atom is -0.369 e. The predicted octanol–water partition coefficient (Wildman–Crippen LogP) is 2.50. The first-order valence-electron chi connectivity index (χ1n) is 8.16. The lowest BCUT2D eigenvalue weighted by Crippen LogP contribution is -2.49. The Labute approximate surface area is 148 Å². The summed E-state index contributed by atoms with van der Waals surface area (Å²) in [6.07, 6.45) is 0. The number of benzene rings is 1. The lowest BCUT2D eigenvalue weighted by atomic mass is 10.2. The summed E-state index contributed by atoms with van der Waals surface area (Å²) in [5.41, 5.74) is 0.186. The third-order valence-corrected chi connectivity index (χ3v) is 8.82. The summed E-state index contributed by atoms with van der Waals surface area (Å²) in [6.45, 7) is 4.97. The van der Waals surface area contributed by atoms with Gasteiger partial charge in [0, 0.05) is 31.9 Å². The molecule has 1 aliphatic rings. The molecule has 0 amide bonds. The molecule has 0 atom stereocenters. The van der Waals surface area contributed by atoms with Crippen LogP contribution in [0.3, 0.4) is 0 Å². The van der Waals surface area contributed by atoms with Crippen LogP contribution in [0.25, 0.3) is 0 Å². The number of hydrogen-bond donors (Lipinski definition) is 0. The lowest BCUT2D eigenvalue weighted by Gasteiger charge is -2.35. The minimum absolute atomic E-state index is 0.116. The van der Waals surface area contributed by atoms with Gasteiger partial charge in [-0.2, -0.15) is 4.31 Å². The lowest BCUT2D eigenvalue weighted by molar-refractivity contribution is 0.223. The Balaban J connectivity index is 2.00. The fraction of sp³-hybridized carbons (Fsp3) is 0.600. The van der Waals surface area contributed by atoms with E-state index >= 15 is 0 Å². The third kappa shape index (κ3) is 5.49. The molecule has 0 spiro atoms. The zero-order valence-electron chi connectivity index (χ0n) is 14.4. The van der Waals surface area contributed by atoms with E-state index in [1.807, 2.05) is 4.90 Å². The second kappa shape index (κ2) is 8.60. The van der Waals surface area contributed by atoms with Gasteiger partial charge in [0.25, 0.3) is 0 Å². The maximum Gasteiger partial charge on any atom is 0.347 e. The van der Waals surface area contributed by atoms with E-state index in [9.17, 15) is 17.4 Å². The largest absolute Gasteiger partial charge is 0.369 e. The number of halogens is 1. The van der Waals surface area contributed by atoms with Crippen molar-refractivity contribution in [1.29, 1.82) is 0 Å². The van der Waals surface area contributed by atoms with Crippen LogP contribution in [0.2, 0.25) is 0 Å². The number of piperazine rings is 1. The van der Waals surface area contributed by atoms with Crippen molar-refractivity contribution in [1.82, 2.24) is 4.31 Å². The van der Waals surface area contributed by atoms with Crippen molar-refractivity contribution in [3.63, 3.8) is 0 Å². The Morgan fingerprint density at radius 2 is 1.56 bits per heavy atom. The second-order valence-corrected chi connectivity index (χ2v) is 10.0. The van der Waals surface area contributed by atoms with Gasteiger partial charge in [0.2, 0.25) is 10.0 Å². The van der Waals surface area contributed by atoms with E-state index in [2.05, 4.69) is 0 Å². The molecule has 25 heavy (non-hydrogen) atoms. The van der Waals surface area contributed by atoms with Crippen LogP contribution < -0.4 is 4.90 Å². The number of nitrogens with zero attached hydrogens (tertiary/aromatic N) is 2. The molecule has 0 saturated carbocycles. The van der Waals surface area contributed by atoms with Gasteiger partial charge in [-0.15, -0.1) is 0 Å². The molecule has 0 N–H and O–H groups in total. The zero-order chi connectivity index (χ0) is 18.5. The fourth-order valence-electron chi connectivity index (χ4n) is 2.66. The Kier molecular flexibility index (Phi) is 6.99. The van der Waals surface area contributed by atoms with Gasteiger partial charge in [-0.05, 0) is 38.1 Å². The van der Waals surface area contributed by atoms with Crippen LogP contribution in [-0.2, 0) is 23.6 Å². The average molecular weight is 394 g/mol. The number of sulfonamides is 1. The van der Waals surface area contributed by atoms with Gasteiger partial charge in [0.15, 0.2) is 5.49 Å². The Hall–Kier alpha value is -0.990. The monoisotopic (exact) mass is 394 g/mol. The second-order valence-electron chi connectivity index (χ2n) is 5.55. The van der Waals surface area contributed by atoms with Crippen molar-refractivity contribution in [2.24, 2.45) is 0 Å². The van der Waals surface area contributed by atoms with Crippen molar-refractivity contribution in [3.8, 4) is 0 Å². The maximum absolute atomic E-state index is 13.0. The number of hydrogen-bond acceptors (Lipinski definition) is 6. The van der Waals surface area contributed by atoms with Gasteiger partial charge in [-0.1, -0.05) is 0 Å². The predicted molar refractivity (Wildman–Crippen MR) is 94.8 cm³/mol. The van der Waals surface area contributed by atoms with Crippen LogP contribution in [-0.4, -0.2) is 57.6 Å². The highest BCUT2D eigenvalue weighted by Crippen LogP contribution is 2.49. The summed E-state index contributed by atoms with van der Waals surface area (Å²) in [5, 5.41) is 0. The highest BCUT2D eigenvalue weighted by molar-refractivity contribution is 7.95. The van der Waals surface area contributed by atoms with E-state index in [-0.39, 0.29) is 32.1 Å².